The predicted octanol–water partition coefficient (Wildman–Crippen LogP) is 4.71. The number of benzene rings is 1. The third kappa shape index (κ3) is 2.91. The molecule has 1 aromatic carbocycles. The van der Waals surface area contributed by atoms with Crippen molar-refractivity contribution in [2.24, 2.45) is 0 Å². The van der Waals surface area contributed by atoms with Crippen LogP contribution in [-0.4, -0.2) is 10.5 Å². The van der Waals surface area contributed by atoms with Gasteiger partial charge in [0.25, 0.3) is 5.91 Å². The van der Waals surface area contributed by atoms with Crippen LogP contribution in [0.2, 0.25) is 0 Å². The number of rotatable bonds is 4. The molecule has 1 fully saturated rings. The van der Waals surface area contributed by atoms with Gasteiger partial charge >= 0.3 is 0 Å². The minimum absolute atomic E-state index is 0.0309. The summed E-state index contributed by atoms with van der Waals surface area (Å²) in [5.41, 5.74) is 3.96. The molecule has 1 aliphatic rings. The summed E-state index contributed by atoms with van der Waals surface area (Å²) < 4.78 is 3.04. The molecular weight excluding hydrogens is 328 g/mol. The number of nitrogens with zero attached hydrogens (tertiary/aromatic N) is 1. The molecule has 4 heteroatoms. The largest absolute Gasteiger partial charge is 0.339 e. The van der Waals surface area contributed by atoms with Crippen molar-refractivity contribution in [3.05, 3.63) is 51.8 Å². The molecule has 1 aromatic heterocycles. The summed E-state index contributed by atoms with van der Waals surface area (Å²) in [6, 6.07) is 8.52. The van der Waals surface area contributed by atoms with E-state index in [0.29, 0.717) is 6.04 Å². The van der Waals surface area contributed by atoms with Gasteiger partial charge in [-0.25, -0.2) is 0 Å². The highest BCUT2D eigenvalue weighted by atomic mass is 79.9. The Morgan fingerprint density at radius 3 is 2.86 bits per heavy atom. The summed E-state index contributed by atoms with van der Waals surface area (Å²) in [5, 5.41) is 3.10. The van der Waals surface area contributed by atoms with Crippen molar-refractivity contribution in [1.82, 2.24) is 4.57 Å². The van der Waals surface area contributed by atoms with E-state index in [9.17, 15) is 4.79 Å². The topological polar surface area (TPSA) is 34.0 Å². The van der Waals surface area contributed by atoms with Crippen molar-refractivity contribution in [3.8, 4) is 0 Å². The lowest BCUT2D eigenvalue weighted by atomic mass is 10.1. The maximum atomic E-state index is 12.6. The number of carbonyl (C=O) groups excluding carboxylic acids is 1. The lowest BCUT2D eigenvalue weighted by Crippen LogP contribution is -2.18. The van der Waals surface area contributed by atoms with Crippen LogP contribution in [0.1, 0.15) is 47.4 Å². The van der Waals surface area contributed by atoms with Crippen LogP contribution in [0.3, 0.4) is 0 Å². The lowest BCUT2D eigenvalue weighted by Gasteiger charge is -2.14. The molecule has 0 atom stereocenters. The van der Waals surface area contributed by atoms with E-state index < -0.39 is 0 Å². The number of hydrogen-bond acceptors (Lipinski definition) is 1. The van der Waals surface area contributed by atoms with Crippen LogP contribution in [-0.2, 0) is 6.42 Å². The van der Waals surface area contributed by atoms with Crippen molar-refractivity contribution in [2.75, 3.05) is 5.32 Å². The molecule has 1 saturated carbocycles. The Kier molecular flexibility index (Phi) is 3.89. The van der Waals surface area contributed by atoms with E-state index >= 15 is 0 Å². The fraction of sp³-hybridized carbons (Fsp3) is 0.353. The van der Waals surface area contributed by atoms with Crippen LogP contribution < -0.4 is 5.32 Å². The quantitative estimate of drug-likeness (QED) is 0.854. The Morgan fingerprint density at radius 2 is 2.19 bits per heavy atom. The Hall–Kier alpha value is -1.55. The van der Waals surface area contributed by atoms with Crippen molar-refractivity contribution in [2.45, 2.75) is 39.2 Å². The number of hydrogen-bond donors (Lipinski definition) is 1. The summed E-state index contributed by atoms with van der Waals surface area (Å²) in [4.78, 5) is 12.6. The maximum Gasteiger partial charge on any atom is 0.272 e. The molecule has 0 bridgehead atoms. The van der Waals surface area contributed by atoms with Gasteiger partial charge in [0, 0.05) is 22.4 Å². The fourth-order valence-electron chi connectivity index (χ4n) is 2.66. The third-order valence-corrected chi connectivity index (χ3v) is 4.40. The normalized spacial score (nSPS) is 14.2. The number of aryl methyl sites for hydroxylation is 2. The Labute approximate surface area is 133 Å². The van der Waals surface area contributed by atoms with Crippen LogP contribution >= 0.6 is 15.9 Å². The molecule has 1 heterocycles. The first-order valence-corrected chi connectivity index (χ1v) is 8.16. The van der Waals surface area contributed by atoms with Crippen molar-refractivity contribution in [1.29, 1.82) is 0 Å². The minimum Gasteiger partial charge on any atom is -0.339 e. The van der Waals surface area contributed by atoms with Gasteiger partial charge in [0.15, 0.2) is 0 Å². The molecular formula is C17H19BrN2O. The standard InChI is InChI=1S/C17H19BrN2O/c1-3-12-6-4-5-11(2)16(12)19-17(21)15-9-13(18)10-20(15)14-7-8-14/h4-6,9-10,14H,3,7-8H2,1-2H3,(H,19,21). The number of carbonyl (C=O) groups is 1. The molecule has 1 N–H and O–H groups in total. The average molecular weight is 347 g/mol. The van der Waals surface area contributed by atoms with Gasteiger partial charge in [0.1, 0.15) is 5.69 Å². The van der Waals surface area contributed by atoms with Gasteiger partial charge < -0.3 is 9.88 Å². The summed E-state index contributed by atoms with van der Waals surface area (Å²) in [5.74, 6) is -0.0309. The van der Waals surface area contributed by atoms with Crippen LogP contribution in [0.5, 0.6) is 0 Å². The van der Waals surface area contributed by atoms with E-state index in [1.54, 1.807) is 0 Å². The summed E-state index contributed by atoms with van der Waals surface area (Å²) >= 11 is 3.47. The van der Waals surface area contributed by atoms with Gasteiger partial charge in [-0.15, -0.1) is 0 Å². The maximum absolute atomic E-state index is 12.6. The highest BCUT2D eigenvalue weighted by Crippen LogP contribution is 2.37. The van der Waals surface area contributed by atoms with E-state index in [0.717, 1.165) is 40.7 Å². The number of anilines is 1. The molecule has 2 aromatic rings. The predicted molar refractivity (Wildman–Crippen MR) is 88.9 cm³/mol. The summed E-state index contributed by atoms with van der Waals surface area (Å²) in [6.45, 7) is 4.14. The second-order valence-electron chi connectivity index (χ2n) is 5.60. The van der Waals surface area contributed by atoms with Gasteiger partial charge in [-0.3, -0.25) is 4.79 Å². The second kappa shape index (κ2) is 5.68. The van der Waals surface area contributed by atoms with E-state index in [2.05, 4.69) is 38.8 Å². The SMILES string of the molecule is CCc1cccc(C)c1NC(=O)c1cc(Br)cn1C1CC1. The molecule has 3 rings (SSSR count). The van der Waals surface area contributed by atoms with Crippen molar-refractivity contribution < 1.29 is 4.79 Å². The van der Waals surface area contributed by atoms with Gasteiger partial charge in [-0.2, -0.15) is 0 Å². The van der Waals surface area contributed by atoms with Gasteiger partial charge in [-0.05, 0) is 59.3 Å². The molecule has 21 heavy (non-hydrogen) atoms. The minimum atomic E-state index is -0.0309. The third-order valence-electron chi connectivity index (χ3n) is 3.97. The Balaban J connectivity index is 1.90. The zero-order chi connectivity index (χ0) is 15.0. The Bertz CT molecular complexity index is 686. The smallest absolute Gasteiger partial charge is 0.272 e. The van der Waals surface area contributed by atoms with Crippen molar-refractivity contribution >= 4 is 27.5 Å². The first kappa shape index (κ1) is 14.4. The molecule has 0 spiro atoms. The summed E-state index contributed by atoms with van der Waals surface area (Å²) in [7, 11) is 0. The molecule has 0 aliphatic heterocycles. The molecule has 0 radical (unpaired) electrons. The molecule has 1 amide bonds. The second-order valence-corrected chi connectivity index (χ2v) is 6.51. The number of aromatic nitrogens is 1. The first-order chi connectivity index (χ1) is 10.1. The van der Waals surface area contributed by atoms with Crippen LogP contribution in [0.25, 0.3) is 0 Å². The molecule has 0 unspecified atom stereocenters. The van der Waals surface area contributed by atoms with E-state index in [1.165, 1.54) is 5.56 Å². The van der Waals surface area contributed by atoms with Crippen LogP contribution in [0.4, 0.5) is 5.69 Å². The number of nitrogens with one attached hydrogen (secondary N) is 1. The highest BCUT2D eigenvalue weighted by molar-refractivity contribution is 9.10. The van der Waals surface area contributed by atoms with E-state index in [4.69, 9.17) is 0 Å². The fourth-order valence-corrected chi connectivity index (χ4v) is 3.10. The van der Waals surface area contributed by atoms with Crippen LogP contribution in [0.15, 0.2) is 34.9 Å². The lowest BCUT2D eigenvalue weighted by molar-refractivity contribution is 0.101. The Morgan fingerprint density at radius 1 is 1.43 bits per heavy atom. The van der Waals surface area contributed by atoms with Gasteiger partial charge in [0.05, 0.1) is 0 Å². The number of halogens is 1. The van der Waals surface area contributed by atoms with Gasteiger partial charge in [0.2, 0.25) is 0 Å². The molecule has 110 valence electrons. The average Bonchev–Trinajstić information content (AvgIpc) is 3.23. The molecule has 1 aliphatic carbocycles. The molecule has 3 nitrogen and oxygen atoms in total. The zero-order valence-electron chi connectivity index (χ0n) is 12.3. The monoisotopic (exact) mass is 346 g/mol. The zero-order valence-corrected chi connectivity index (χ0v) is 13.9. The number of amides is 1. The molecule has 0 saturated heterocycles. The van der Waals surface area contributed by atoms with E-state index in [-0.39, 0.29) is 5.91 Å². The van der Waals surface area contributed by atoms with Crippen molar-refractivity contribution in [3.63, 3.8) is 0 Å². The highest BCUT2D eigenvalue weighted by Gasteiger charge is 2.28. The van der Waals surface area contributed by atoms with Crippen LogP contribution in [0, 0.1) is 6.92 Å². The first-order valence-electron chi connectivity index (χ1n) is 7.37. The van der Waals surface area contributed by atoms with E-state index in [1.807, 2.05) is 31.3 Å². The van der Waals surface area contributed by atoms with Gasteiger partial charge in [-0.1, -0.05) is 25.1 Å². The number of para-hydroxylation sites is 1. The summed E-state index contributed by atoms with van der Waals surface area (Å²) in [6.07, 6.45) is 5.23.